The first kappa shape index (κ1) is 13.9. The van der Waals surface area contributed by atoms with Gasteiger partial charge in [0.15, 0.2) is 0 Å². The van der Waals surface area contributed by atoms with Crippen LogP contribution in [0.3, 0.4) is 0 Å². The Morgan fingerprint density at radius 2 is 2.00 bits per heavy atom. The molecule has 0 saturated carbocycles. The number of phenols is 1. The highest BCUT2D eigenvalue weighted by molar-refractivity contribution is 5.96. The zero-order valence-corrected chi connectivity index (χ0v) is 11.0. The van der Waals surface area contributed by atoms with Gasteiger partial charge in [0.1, 0.15) is 11.6 Å². The number of nitrogen functional groups attached to an aromatic ring is 1. The molecule has 2 rings (SSSR count). The molecule has 0 aliphatic rings. The van der Waals surface area contributed by atoms with Crippen LogP contribution in [0.2, 0.25) is 0 Å². The summed E-state index contributed by atoms with van der Waals surface area (Å²) in [6.07, 6.45) is 0. The molecular weight excluding hydrogens is 259 g/mol. The minimum absolute atomic E-state index is 0.0587. The van der Waals surface area contributed by atoms with Crippen LogP contribution < -0.4 is 5.73 Å². The van der Waals surface area contributed by atoms with Gasteiger partial charge in [-0.25, -0.2) is 4.39 Å². The maximum atomic E-state index is 12.9. The maximum Gasteiger partial charge on any atom is 0.257 e. The first-order chi connectivity index (χ1) is 9.49. The Morgan fingerprint density at radius 1 is 1.30 bits per heavy atom. The number of aromatic hydroxyl groups is 1. The lowest BCUT2D eigenvalue weighted by molar-refractivity contribution is 0.0782. The smallest absolute Gasteiger partial charge is 0.257 e. The normalized spacial score (nSPS) is 10.3. The maximum absolute atomic E-state index is 12.9. The number of hydrogen-bond acceptors (Lipinski definition) is 3. The van der Waals surface area contributed by atoms with E-state index in [2.05, 4.69) is 0 Å². The van der Waals surface area contributed by atoms with Gasteiger partial charge in [-0.05, 0) is 23.8 Å². The summed E-state index contributed by atoms with van der Waals surface area (Å²) in [5.74, 6) is -1.36. The summed E-state index contributed by atoms with van der Waals surface area (Å²) in [6, 6.07) is 10.5. The highest BCUT2D eigenvalue weighted by atomic mass is 19.1. The average molecular weight is 274 g/mol. The number of carbonyl (C=O) groups is 1. The topological polar surface area (TPSA) is 66.6 Å². The van der Waals surface area contributed by atoms with Gasteiger partial charge in [-0.1, -0.05) is 18.2 Å². The second kappa shape index (κ2) is 5.61. The molecule has 0 unspecified atom stereocenters. The second-order valence-corrected chi connectivity index (χ2v) is 4.52. The fourth-order valence-corrected chi connectivity index (χ4v) is 1.90. The Labute approximate surface area is 116 Å². The summed E-state index contributed by atoms with van der Waals surface area (Å²) < 4.78 is 12.9. The van der Waals surface area contributed by atoms with Crippen molar-refractivity contribution < 1.29 is 14.3 Å². The number of benzene rings is 2. The molecule has 0 aromatic heterocycles. The van der Waals surface area contributed by atoms with Crippen LogP contribution in [0.15, 0.2) is 42.5 Å². The second-order valence-electron chi connectivity index (χ2n) is 4.52. The number of phenolic OH excluding ortho intramolecular Hbond substituents is 1. The SMILES string of the molecule is CN(Cc1ccccc1N)C(=O)c1ccc(F)cc1O. The summed E-state index contributed by atoms with van der Waals surface area (Å²) >= 11 is 0. The molecule has 0 atom stereocenters. The monoisotopic (exact) mass is 274 g/mol. The van der Waals surface area contributed by atoms with E-state index in [1.54, 1.807) is 13.1 Å². The first-order valence-electron chi connectivity index (χ1n) is 6.06. The fraction of sp³-hybridized carbons (Fsp3) is 0.133. The third-order valence-electron chi connectivity index (χ3n) is 3.00. The van der Waals surface area contributed by atoms with E-state index in [1.165, 1.54) is 11.0 Å². The van der Waals surface area contributed by atoms with Crippen LogP contribution in [0.1, 0.15) is 15.9 Å². The van der Waals surface area contributed by atoms with Crippen molar-refractivity contribution in [3.8, 4) is 5.75 Å². The zero-order valence-electron chi connectivity index (χ0n) is 11.0. The summed E-state index contributed by atoms with van der Waals surface area (Å²) in [7, 11) is 1.59. The number of rotatable bonds is 3. The third-order valence-corrected chi connectivity index (χ3v) is 3.00. The predicted octanol–water partition coefficient (Wildman–Crippen LogP) is 2.39. The number of amides is 1. The lowest BCUT2D eigenvalue weighted by Gasteiger charge is -2.19. The standard InChI is InChI=1S/C15H15FN2O2/c1-18(9-10-4-2-3-5-13(10)17)15(20)12-7-6-11(16)8-14(12)19/h2-8,19H,9,17H2,1H3. The number of carbonyl (C=O) groups excluding carboxylic acids is 1. The van der Waals surface area contributed by atoms with Crippen molar-refractivity contribution in [3.05, 3.63) is 59.4 Å². The molecule has 1 amide bonds. The zero-order chi connectivity index (χ0) is 14.7. The van der Waals surface area contributed by atoms with Gasteiger partial charge in [0.2, 0.25) is 0 Å². The summed E-state index contributed by atoms with van der Waals surface area (Å²) in [4.78, 5) is 13.6. The number of anilines is 1. The van der Waals surface area contributed by atoms with E-state index >= 15 is 0 Å². The lowest BCUT2D eigenvalue weighted by atomic mass is 10.1. The first-order valence-corrected chi connectivity index (χ1v) is 6.06. The number of hydrogen-bond donors (Lipinski definition) is 2. The molecule has 0 saturated heterocycles. The fourth-order valence-electron chi connectivity index (χ4n) is 1.90. The molecule has 0 aliphatic heterocycles. The Kier molecular flexibility index (Phi) is 3.89. The van der Waals surface area contributed by atoms with Crippen LogP contribution in [0.5, 0.6) is 5.75 Å². The number of nitrogens with zero attached hydrogens (tertiary/aromatic N) is 1. The van der Waals surface area contributed by atoms with E-state index in [4.69, 9.17) is 5.73 Å². The molecule has 2 aromatic rings. The lowest BCUT2D eigenvalue weighted by Crippen LogP contribution is -2.26. The highest BCUT2D eigenvalue weighted by Crippen LogP contribution is 2.21. The van der Waals surface area contributed by atoms with Crippen molar-refractivity contribution in [1.29, 1.82) is 0 Å². The van der Waals surface area contributed by atoms with E-state index in [9.17, 15) is 14.3 Å². The quantitative estimate of drug-likeness (QED) is 0.844. The molecule has 0 radical (unpaired) electrons. The molecule has 0 fully saturated rings. The summed E-state index contributed by atoms with van der Waals surface area (Å²) in [5.41, 5.74) is 7.28. The van der Waals surface area contributed by atoms with E-state index in [-0.39, 0.29) is 11.3 Å². The Hall–Kier alpha value is -2.56. The molecule has 0 heterocycles. The molecule has 0 bridgehead atoms. The Bertz CT molecular complexity index is 644. The van der Waals surface area contributed by atoms with Crippen LogP contribution in [0.25, 0.3) is 0 Å². The van der Waals surface area contributed by atoms with Gasteiger partial charge < -0.3 is 15.7 Å². The van der Waals surface area contributed by atoms with Gasteiger partial charge in [0, 0.05) is 25.3 Å². The van der Waals surface area contributed by atoms with Crippen molar-refractivity contribution in [2.75, 3.05) is 12.8 Å². The van der Waals surface area contributed by atoms with E-state index in [0.717, 1.165) is 17.7 Å². The van der Waals surface area contributed by atoms with Crippen molar-refractivity contribution in [1.82, 2.24) is 4.90 Å². The molecule has 3 N–H and O–H groups in total. The van der Waals surface area contributed by atoms with Gasteiger partial charge >= 0.3 is 0 Å². The summed E-state index contributed by atoms with van der Waals surface area (Å²) in [5, 5.41) is 9.62. The number of nitrogens with two attached hydrogens (primary N) is 1. The van der Waals surface area contributed by atoms with Crippen LogP contribution in [-0.4, -0.2) is 23.0 Å². The number of halogens is 1. The minimum atomic E-state index is -0.589. The molecular formula is C15H15FN2O2. The van der Waals surface area contributed by atoms with Crippen molar-refractivity contribution in [2.45, 2.75) is 6.54 Å². The number of para-hydroxylation sites is 1. The van der Waals surface area contributed by atoms with Gasteiger partial charge in [-0.15, -0.1) is 0 Å². The van der Waals surface area contributed by atoms with Crippen LogP contribution in [0, 0.1) is 5.82 Å². The molecule has 5 heteroatoms. The Morgan fingerprint density at radius 3 is 2.65 bits per heavy atom. The van der Waals surface area contributed by atoms with Gasteiger partial charge in [-0.3, -0.25) is 4.79 Å². The van der Waals surface area contributed by atoms with Gasteiger partial charge in [0.05, 0.1) is 5.56 Å². The van der Waals surface area contributed by atoms with Crippen molar-refractivity contribution >= 4 is 11.6 Å². The predicted molar refractivity (Wildman–Crippen MR) is 74.7 cm³/mol. The molecule has 104 valence electrons. The minimum Gasteiger partial charge on any atom is -0.507 e. The van der Waals surface area contributed by atoms with Gasteiger partial charge in [0.25, 0.3) is 5.91 Å². The van der Waals surface area contributed by atoms with Crippen LogP contribution in [-0.2, 0) is 6.54 Å². The van der Waals surface area contributed by atoms with E-state index in [1.807, 2.05) is 18.2 Å². The van der Waals surface area contributed by atoms with E-state index < -0.39 is 11.7 Å². The molecule has 2 aromatic carbocycles. The Balaban J connectivity index is 2.19. The molecule has 4 nitrogen and oxygen atoms in total. The van der Waals surface area contributed by atoms with Gasteiger partial charge in [-0.2, -0.15) is 0 Å². The van der Waals surface area contributed by atoms with Crippen LogP contribution in [0.4, 0.5) is 10.1 Å². The summed E-state index contributed by atoms with van der Waals surface area (Å²) in [6.45, 7) is 0.308. The van der Waals surface area contributed by atoms with Crippen molar-refractivity contribution in [3.63, 3.8) is 0 Å². The third kappa shape index (κ3) is 2.88. The molecule has 20 heavy (non-hydrogen) atoms. The highest BCUT2D eigenvalue weighted by Gasteiger charge is 2.17. The molecule has 0 spiro atoms. The largest absolute Gasteiger partial charge is 0.507 e. The van der Waals surface area contributed by atoms with Crippen LogP contribution >= 0.6 is 0 Å². The van der Waals surface area contributed by atoms with E-state index in [0.29, 0.717) is 12.2 Å². The average Bonchev–Trinajstić information content (AvgIpc) is 2.40. The molecule has 0 aliphatic carbocycles. The van der Waals surface area contributed by atoms with Crippen molar-refractivity contribution in [2.24, 2.45) is 0 Å².